The highest BCUT2D eigenvalue weighted by molar-refractivity contribution is 6.33. The molecule has 5 nitrogen and oxygen atoms in total. The Labute approximate surface area is 221 Å². The van der Waals surface area contributed by atoms with Crippen LogP contribution in [0.2, 0.25) is 5.02 Å². The van der Waals surface area contributed by atoms with Crippen LogP contribution < -0.4 is 5.32 Å². The fourth-order valence-electron chi connectivity index (χ4n) is 5.12. The van der Waals surface area contributed by atoms with Crippen molar-refractivity contribution in [3.63, 3.8) is 0 Å². The molecule has 1 N–H and O–H groups in total. The number of hydrogen-bond donors (Lipinski definition) is 1. The topological polar surface area (TPSA) is 52.7 Å². The summed E-state index contributed by atoms with van der Waals surface area (Å²) in [7, 11) is 0. The highest BCUT2D eigenvalue weighted by Gasteiger charge is 2.36. The van der Waals surface area contributed by atoms with Crippen molar-refractivity contribution in [2.24, 2.45) is 5.92 Å². The number of hydrogen-bond acceptors (Lipinski definition) is 3. The predicted octanol–water partition coefficient (Wildman–Crippen LogP) is 5.62. The van der Waals surface area contributed by atoms with Gasteiger partial charge in [0.1, 0.15) is 5.82 Å². The molecule has 0 aromatic heterocycles. The lowest BCUT2D eigenvalue weighted by atomic mass is 10.0. The van der Waals surface area contributed by atoms with Crippen molar-refractivity contribution in [1.29, 1.82) is 0 Å². The molecule has 0 aliphatic carbocycles. The maximum atomic E-state index is 14.2. The zero-order chi connectivity index (χ0) is 25.9. The Balaban J connectivity index is 1.22. The van der Waals surface area contributed by atoms with E-state index >= 15 is 0 Å². The van der Waals surface area contributed by atoms with Crippen LogP contribution in [0.1, 0.15) is 44.3 Å². The number of fused-ring (bicyclic) bond motifs is 1. The first-order valence-electron chi connectivity index (χ1n) is 12.5. The number of aryl methyl sites for hydroxylation is 1. The molecule has 1 fully saturated rings. The van der Waals surface area contributed by atoms with Crippen molar-refractivity contribution < 1.29 is 14.0 Å². The van der Waals surface area contributed by atoms with E-state index in [0.29, 0.717) is 12.1 Å². The van der Waals surface area contributed by atoms with Gasteiger partial charge in [-0.1, -0.05) is 65.7 Å². The molecule has 2 atom stereocenters. The molecule has 0 spiro atoms. The summed E-state index contributed by atoms with van der Waals surface area (Å²) in [5.41, 5.74) is 3.92. The minimum absolute atomic E-state index is 0.0760. The fraction of sp³-hybridized carbons (Fsp3) is 0.267. The average Bonchev–Trinajstić information content (AvgIpc) is 3.46. The number of benzene rings is 3. The van der Waals surface area contributed by atoms with Gasteiger partial charge < -0.3 is 10.2 Å². The Kier molecular flexibility index (Phi) is 7.40. The summed E-state index contributed by atoms with van der Waals surface area (Å²) in [6.07, 6.45) is 2.61. The van der Waals surface area contributed by atoms with Crippen LogP contribution in [0.4, 0.5) is 4.39 Å². The number of carbonyl (C=O) groups excluding carboxylic acids is 2. The van der Waals surface area contributed by atoms with Crippen molar-refractivity contribution in [3.8, 4) is 0 Å². The predicted molar refractivity (Wildman–Crippen MR) is 143 cm³/mol. The van der Waals surface area contributed by atoms with E-state index in [2.05, 4.69) is 10.2 Å². The third kappa shape index (κ3) is 5.60. The van der Waals surface area contributed by atoms with E-state index in [0.717, 1.165) is 37.2 Å². The minimum Gasteiger partial charge on any atom is -0.345 e. The quantitative estimate of drug-likeness (QED) is 0.442. The Morgan fingerprint density at radius 3 is 2.49 bits per heavy atom. The molecule has 3 aromatic rings. The highest BCUT2D eigenvalue weighted by atomic mass is 35.5. The van der Waals surface area contributed by atoms with Crippen molar-refractivity contribution in [3.05, 3.63) is 118 Å². The summed E-state index contributed by atoms with van der Waals surface area (Å²) in [6, 6.07) is 21.8. The Bertz CT molecular complexity index is 1310. The van der Waals surface area contributed by atoms with Crippen LogP contribution in [0.3, 0.4) is 0 Å². The van der Waals surface area contributed by atoms with Crippen molar-refractivity contribution in [1.82, 2.24) is 15.1 Å². The van der Waals surface area contributed by atoms with E-state index in [1.807, 2.05) is 67.7 Å². The van der Waals surface area contributed by atoms with Crippen LogP contribution in [-0.2, 0) is 0 Å². The summed E-state index contributed by atoms with van der Waals surface area (Å²) < 4.78 is 14.2. The second-order valence-corrected chi connectivity index (χ2v) is 10.2. The van der Waals surface area contributed by atoms with Crippen molar-refractivity contribution >= 4 is 23.4 Å². The Hall–Kier alpha value is -3.48. The molecule has 1 unspecified atom stereocenters. The number of likely N-dealkylation sites (tertiary alicyclic amines) is 1. The molecular formula is C30H29ClFN3O2. The lowest BCUT2D eigenvalue weighted by Crippen LogP contribution is -2.33. The van der Waals surface area contributed by atoms with E-state index in [1.54, 1.807) is 4.90 Å². The second-order valence-electron chi connectivity index (χ2n) is 9.78. The van der Waals surface area contributed by atoms with Crippen molar-refractivity contribution in [2.75, 3.05) is 26.2 Å². The van der Waals surface area contributed by atoms with Gasteiger partial charge in [-0.05, 0) is 48.7 Å². The number of rotatable bonds is 7. The number of halogens is 2. The van der Waals surface area contributed by atoms with E-state index in [4.69, 9.17) is 11.6 Å². The third-order valence-electron chi connectivity index (χ3n) is 7.14. The average molecular weight is 518 g/mol. The zero-order valence-electron chi connectivity index (χ0n) is 20.7. The molecule has 0 radical (unpaired) electrons. The molecule has 37 heavy (non-hydrogen) atoms. The van der Waals surface area contributed by atoms with Gasteiger partial charge in [-0.25, -0.2) is 4.39 Å². The zero-order valence-corrected chi connectivity index (χ0v) is 21.4. The van der Waals surface area contributed by atoms with Gasteiger partial charge in [0.05, 0.1) is 16.6 Å². The molecule has 190 valence electrons. The first-order valence-corrected chi connectivity index (χ1v) is 12.9. The molecular weight excluding hydrogens is 489 g/mol. The Morgan fingerprint density at radius 1 is 1.03 bits per heavy atom. The van der Waals surface area contributed by atoms with Gasteiger partial charge in [-0.2, -0.15) is 0 Å². The second kappa shape index (κ2) is 10.9. The molecule has 2 aliphatic heterocycles. The minimum atomic E-state index is -0.603. The van der Waals surface area contributed by atoms with E-state index < -0.39 is 11.7 Å². The molecule has 2 aliphatic rings. The number of nitrogens with zero attached hydrogens (tertiary/aromatic N) is 2. The van der Waals surface area contributed by atoms with Gasteiger partial charge in [0.15, 0.2) is 0 Å². The van der Waals surface area contributed by atoms with E-state index in [-0.39, 0.29) is 28.5 Å². The molecule has 1 saturated heterocycles. The van der Waals surface area contributed by atoms with Crippen LogP contribution in [0.15, 0.2) is 84.6 Å². The maximum Gasteiger partial charge on any atom is 0.262 e. The lowest BCUT2D eigenvalue weighted by molar-refractivity contribution is 0.0816. The number of amides is 2. The molecule has 2 heterocycles. The van der Waals surface area contributed by atoms with Gasteiger partial charge >= 0.3 is 0 Å². The van der Waals surface area contributed by atoms with Crippen LogP contribution in [0.25, 0.3) is 0 Å². The molecule has 2 amide bonds. The number of carbonyl (C=O) groups is 2. The normalized spacial score (nSPS) is 17.9. The first kappa shape index (κ1) is 25.2. The van der Waals surface area contributed by atoms with Crippen LogP contribution in [0.5, 0.6) is 0 Å². The molecule has 3 aromatic carbocycles. The molecule has 7 heteroatoms. The van der Waals surface area contributed by atoms with Gasteiger partial charge in [0.2, 0.25) is 0 Å². The summed E-state index contributed by atoms with van der Waals surface area (Å²) in [4.78, 5) is 29.8. The van der Waals surface area contributed by atoms with Gasteiger partial charge in [-0.15, -0.1) is 0 Å². The van der Waals surface area contributed by atoms with Crippen LogP contribution in [-0.4, -0.2) is 47.8 Å². The van der Waals surface area contributed by atoms with Crippen LogP contribution in [0, 0.1) is 18.7 Å². The van der Waals surface area contributed by atoms with Gasteiger partial charge in [-0.3, -0.25) is 14.5 Å². The summed E-state index contributed by atoms with van der Waals surface area (Å²) >= 11 is 6.10. The summed E-state index contributed by atoms with van der Waals surface area (Å²) in [5.74, 6) is -0.878. The summed E-state index contributed by atoms with van der Waals surface area (Å²) in [6.45, 7) is 4.87. The van der Waals surface area contributed by atoms with E-state index in [9.17, 15) is 14.0 Å². The largest absolute Gasteiger partial charge is 0.345 e. The van der Waals surface area contributed by atoms with E-state index in [1.165, 1.54) is 23.8 Å². The Morgan fingerprint density at radius 2 is 1.78 bits per heavy atom. The lowest BCUT2D eigenvalue weighted by Gasteiger charge is -2.24. The molecule has 0 bridgehead atoms. The summed E-state index contributed by atoms with van der Waals surface area (Å²) in [5, 5.41) is 3.34. The highest BCUT2D eigenvalue weighted by Crippen LogP contribution is 2.32. The molecule has 0 saturated carbocycles. The van der Waals surface area contributed by atoms with Crippen LogP contribution >= 0.6 is 11.6 Å². The van der Waals surface area contributed by atoms with Gasteiger partial charge in [0, 0.05) is 43.9 Å². The number of nitrogens with one attached hydrogen (secondary N) is 1. The first-order chi connectivity index (χ1) is 17.9. The monoisotopic (exact) mass is 517 g/mol. The third-order valence-corrected chi connectivity index (χ3v) is 7.46. The smallest absolute Gasteiger partial charge is 0.262 e. The SMILES string of the molecule is Cc1ccc(C(=O)N[C@@H](CCN2CC3=CN(C(=O)c4c(F)cccc4Cl)CC3C2)c2ccccc2)cc1. The maximum absolute atomic E-state index is 14.2. The molecule has 5 rings (SSSR count). The van der Waals surface area contributed by atoms with Gasteiger partial charge in [0.25, 0.3) is 11.8 Å². The standard InChI is InChI=1S/C30H29ClFN3O2/c1-20-10-12-22(13-11-20)29(36)33-27(21-6-3-2-4-7-21)14-15-34-16-23-18-35(19-24(23)17-34)30(37)28-25(31)8-5-9-26(28)32/h2-13,18,24,27H,14-17,19H2,1H3,(H,33,36)/t24?,27-/m0/s1. The van der Waals surface area contributed by atoms with Crippen molar-refractivity contribution in [2.45, 2.75) is 19.4 Å². The fourth-order valence-corrected chi connectivity index (χ4v) is 5.36.